The van der Waals surface area contributed by atoms with Crippen molar-refractivity contribution < 1.29 is 9.07 Å². The molecule has 5 rings (SSSR count). The predicted molar refractivity (Wildman–Crippen MR) is 175 cm³/mol. The van der Waals surface area contributed by atoms with Crippen molar-refractivity contribution in [2.45, 2.75) is 110 Å². The monoisotopic (exact) mass is 541 g/mol. The zero-order chi connectivity index (χ0) is 27.9. The summed E-state index contributed by atoms with van der Waals surface area (Å²) in [6.07, 6.45) is 20.1. The summed E-state index contributed by atoms with van der Waals surface area (Å²) < 4.78 is 0. The second-order valence-corrected chi connectivity index (χ2v) is 12.8. The maximum atomic E-state index is 13.3. The van der Waals surface area contributed by atoms with Crippen LogP contribution in [0.25, 0.3) is 0 Å². The first-order valence-corrected chi connectivity index (χ1v) is 16.1. The van der Waals surface area contributed by atoms with E-state index in [4.69, 9.17) is 4.99 Å². The number of ketones is 1. The Labute approximate surface area is 247 Å². The van der Waals surface area contributed by atoms with Gasteiger partial charge in [0, 0.05) is 35.0 Å². The van der Waals surface area contributed by atoms with Gasteiger partial charge in [0.1, 0.15) is 5.78 Å². The Hall–Kier alpha value is -2.74. The van der Waals surface area contributed by atoms with E-state index in [1.807, 2.05) is 0 Å². The molecule has 40 heavy (non-hydrogen) atoms. The molecular formula is C38H55NO. The van der Waals surface area contributed by atoms with Crippen molar-refractivity contribution in [1.29, 1.82) is 0 Å². The van der Waals surface area contributed by atoms with Crippen LogP contribution in [0, 0.1) is 17.8 Å². The predicted octanol–water partition coefficient (Wildman–Crippen LogP) is 10.7. The molecule has 2 saturated carbocycles. The van der Waals surface area contributed by atoms with Crippen LogP contribution < -0.4 is 0 Å². The van der Waals surface area contributed by atoms with Gasteiger partial charge in [-0.15, -0.1) is 0 Å². The molecule has 0 saturated heterocycles. The summed E-state index contributed by atoms with van der Waals surface area (Å²) >= 11 is 0. The van der Waals surface area contributed by atoms with Gasteiger partial charge in [0.05, 0.1) is 0 Å². The number of Topliss-reactive ketones (excluding diaryl/α,β-unsaturated/α-hetero) is 1. The van der Waals surface area contributed by atoms with E-state index in [-0.39, 0.29) is 4.28 Å². The summed E-state index contributed by atoms with van der Waals surface area (Å²) in [5, 5.41) is 0. The van der Waals surface area contributed by atoms with Crippen molar-refractivity contribution in [3.05, 3.63) is 94.2 Å². The average Bonchev–Trinajstić information content (AvgIpc) is 3.45. The van der Waals surface area contributed by atoms with Crippen molar-refractivity contribution in [1.82, 2.24) is 0 Å². The fraction of sp³-hybridized carbons (Fsp3) is 0.526. The zero-order valence-electron chi connectivity index (χ0n) is 25.1. The average molecular weight is 542 g/mol. The standard InChI is InChI=1S/C38H49NO.3H2/c1-4-12-37-35(5-2)27(3)21-22-39-38(37)33-19-11-18-31(25-33)30-17-10-13-28(23-30)24-34(40)26-32-16-8-9-20-36(32)29-14-6-7-15-29;;;/h4,8-10,12-13,16-17,20,22-23,27,29,31,33,35H,5-7,11,14-15,18-19,21,24-26H2,1-3H3;3*1H/b12-4-;;;/t27?,31-,33?,35?;;;/m1.../s1. The minimum Gasteiger partial charge on any atom is -0.299 e. The number of carbonyl (C=O) groups is 1. The third-order valence-corrected chi connectivity index (χ3v) is 10.00. The number of hydrogen-bond donors (Lipinski definition) is 0. The van der Waals surface area contributed by atoms with Crippen LogP contribution in [0.15, 0.2) is 76.9 Å². The number of carbonyl (C=O) groups excluding carboxylic acids is 1. The molecule has 2 aromatic rings. The quantitative estimate of drug-likeness (QED) is 0.310. The van der Waals surface area contributed by atoms with Crippen LogP contribution in [0.4, 0.5) is 0 Å². The lowest BCUT2D eigenvalue weighted by atomic mass is 9.74. The minimum absolute atomic E-state index is 0. The Morgan fingerprint density at radius 3 is 2.52 bits per heavy atom. The lowest BCUT2D eigenvalue weighted by Gasteiger charge is -2.32. The van der Waals surface area contributed by atoms with E-state index in [0.29, 0.717) is 48.2 Å². The van der Waals surface area contributed by atoms with E-state index in [0.717, 1.165) is 12.8 Å². The van der Waals surface area contributed by atoms with Crippen LogP contribution in [0.5, 0.6) is 0 Å². The van der Waals surface area contributed by atoms with Gasteiger partial charge in [-0.3, -0.25) is 9.79 Å². The van der Waals surface area contributed by atoms with E-state index >= 15 is 0 Å². The molecule has 0 bridgehead atoms. The SMILES string of the molecule is C/C=C\C1=C(C2CCC[C@@H](c3cccc(CC(=O)Cc4ccccc4C4CCCC4)c3)C2)N=CCC(C)C1CC.[HH].[HH].[HH]. The van der Waals surface area contributed by atoms with Crippen LogP contribution in [0.2, 0.25) is 0 Å². The topological polar surface area (TPSA) is 29.4 Å². The minimum atomic E-state index is 0. The molecule has 2 fully saturated rings. The van der Waals surface area contributed by atoms with Gasteiger partial charge in [-0.05, 0) is 103 Å². The van der Waals surface area contributed by atoms with Gasteiger partial charge in [-0.1, -0.05) is 93.8 Å². The van der Waals surface area contributed by atoms with Crippen LogP contribution in [0.1, 0.15) is 123 Å². The molecule has 0 amide bonds. The highest BCUT2D eigenvalue weighted by Crippen LogP contribution is 2.44. The number of rotatable bonds is 9. The second-order valence-electron chi connectivity index (χ2n) is 12.8. The van der Waals surface area contributed by atoms with Gasteiger partial charge >= 0.3 is 0 Å². The fourth-order valence-electron chi connectivity index (χ4n) is 7.94. The summed E-state index contributed by atoms with van der Waals surface area (Å²) in [5.41, 5.74) is 8.08. The van der Waals surface area contributed by atoms with Crippen molar-refractivity contribution in [3.8, 4) is 0 Å². The molecule has 2 nitrogen and oxygen atoms in total. The van der Waals surface area contributed by atoms with Crippen molar-refractivity contribution in [3.63, 3.8) is 0 Å². The van der Waals surface area contributed by atoms with Crippen molar-refractivity contribution in [2.24, 2.45) is 22.7 Å². The Morgan fingerprint density at radius 2 is 1.73 bits per heavy atom. The Kier molecular flexibility index (Phi) is 9.89. The smallest absolute Gasteiger partial charge is 0.141 e. The highest BCUT2D eigenvalue weighted by molar-refractivity contribution is 5.83. The molecule has 0 aromatic heterocycles. The van der Waals surface area contributed by atoms with Crippen LogP contribution in [0.3, 0.4) is 0 Å². The molecule has 2 heteroatoms. The number of nitrogens with zero attached hydrogens (tertiary/aromatic N) is 1. The Balaban J connectivity index is 0.00000215. The van der Waals surface area contributed by atoms with E-state index in [1.165, 1.54) is 84.9 Å². The highest BCUT2D eigenvalue weighted by atomic mass is 16.1. The fourth-order valence-corrected chi connectivity index (χ4v) is 7.94. The van der Waals surface area contributed by atoms with Crippen molar-refractivity contribution >= 4 is 12.0 Å². The molecule has 2 aliphatic carbocycles. The van der Waals surface area contributed by atoms with Gasteiger partial charge in [0.2, 0.25) is 0 Å². The normalized spacial score (nSPS) is 26.0. The maximum absolute atomic E-state index is 13.3. The molecule has 2 aromatic carbocycles. The van der Waals surface area contributed by atoms with Gasteiger partial charge in [0.25, 0.3) is 0 Å². The maximum Gasteiger partial charge on any atom is 0.141 e. The zero-order valence-corrected chi connectivity index (χ0v) is 25.1. The van der Waals surface area contributed by atoms with E-state index < -0.39 is 0 Å². The Bertz CT molecular complexity index is 1260. The number of benzene rings is 2. The number of aliphatic imine (C=N–C) groups is 1. The molecule has 0 radical (unpaired) electrons. The molecular weight excluding hydrogens is 486 g/mol. The molecule has 4 atom stereocenters. The highest BCUT2D eigenvalue weighted by Gasteiger charge is 2.31. The lowest BCUT2D eigenvalue weighted by Crippen LogP contribution is -2.19. The number of allylic oxidation sites excluding steroid dienone is 4. The molecule has 1 heterocycles. The molecule has 3 unspecified atom stereocenters. The summed E-state index contributed by atoms with van der Waals surface area (Å²) in [7, 11) is 0. The van der Waals surface area contributed by atoms with Gasteiger partial charge in [-0.25, -0.2) is 0 Å². The van der Waals surface area contributed by atoms with E-state index in [9.17, 15) is 4.79 Å². The molecule has 0 spiro atoms. The van der Waals surface area contributed by atoms with E-state index in [2.05, 4.69) is 87.7 Å². The summed E-state index contributed by atoms with van der Waals surface area (Å²) in [4.78, 5) is 18.4. The summed E-state index contributed by atoms with van der Waals surface area (Å²) in [6.45, 7) is 6.86. The first-order valence-electron chi connectivity index (χ1n) is 16.1. The first-order chi connectivity index (χ1) is 19.6. The van der Waals surface area contributed by atoms with Gasteiger partial charge in [0.15, 0.2) is 0 Å². The molecule has 1 aliphatic heterocycles. The molecule has 0 N–H and O–H groups in total. The second kappa shape index (κ2) is 13.7. The van der Waals surface area contributed by atoms with Crippen LogP contribution in [-0.4, -0.2) is 12.0 Å². The third kappa shape index (κ3) is 6.76. The largest absolute Gasteiger partial charge is 0.299 e. The molecule has 3 aliphatic rings. The third-order valence-electron chi connectivity index (χ3n) is 10.00. The summed E-state index contributed by atoms with van der Waals surface area (Å²) in [6, 6.07) is 17.6. The van der Waals surface area contributed by atoms with Crippen LogP contribution >= 0.6 is 0 Å². The van der Waals surface area contributed by atoms with Gasteiger partial charge in [-0.2, -0.15) is 0 Å². The van der Waals surface area contributed by atoms with Crippen molar-refractivity contribution in [2.75, 3.05) is 0 Å². The molecule has 218 valence electrons. The van der Waals surface area contributed by atoms with Gasteiger partial charge < -0.3 is 0 Å². The van der Waals surface area contributed by atoms with Crippen LogP contribution in [-0.2, 0) is 17.6 Å². The first kappa shape index (κ1) is 28.8. The Morgan fingerprint density at radius 1 is 0.950 bits per heavy atom. The lowest BCUT2D eigenvalue weighted by molar-refractivity contribution is -0.117. The van der Waals surface area contributed by atoms with E-state index in [1.54, 1.807) is 0 Å². The number of hydrogen-bond acceptors (Lipinski definition) is 2. The summed E-state index contributed by atoms with van der Waals surface area (Å²) in [5.74, 6) is 3.24.